The number of hydrogen-bond donors (Lipinski definition) is 0. The van der Waals surface area contributed by atoms with Crippen LogP contribution in [0.2, 0.25) is 0 Å². The average molecular weight is 714 g/mol. The number of rotatable bonds is 1. The van der Waals surface area contributed by atoms with Crippen molar-refractivity contribution in [1.29, 1.82) is 0 Å². The predicted molar refractivity (Wildman–Crippen MR) is 240 cm³/mol. The zero-order valence-corrected chi connectivity index (χ0v) is 30.6. The van der Waals surface area contributed by atoms with Crippen LogP contribution in [0.25, 0.3) is 118 Å². The molecule has 2 aromatic heterocycles. The molecule has 10 aromatic carbocycles. The fraction of sp³-hybridized carbons (Fsp3) is 0. The van der Waals surface area contributed by atoms with Crippen LogP contribution in [-0.2, 0) is 0 Å². The number of pyridine rings is 1. The summed E-state index contributed by atoms with van der Waals surface area (Å²) in [6.45, 7) is 0. The van der Waals surface area contributed by atoms with Crippen molar-refractivity contribution in [2.24, 2.45) is 0 Å². The molecule has 0 N–H and O–H groups in total. The predicted octanol–water partition coefficient (Wildman–Crippen LogP) is 15.5. The third-order valence-corrected chi connectivity index (χ3v) is 12.9. The van der Waals surface area contributed by atoms with Crippen LogP contribution in [0.1, 0.15) is 0 Å². The van der Waals surface area contributed by atoms with Gasteiger partial charge < -0.3 is 0 Å². The van der Waals surface area contributed by atoms with Gasteiger partial charge in [-0.3, -0.25) is 4.98 Å². The van der Waals surface area contributed by atoms with Crippen molar-refractivity contribution < 1.29 is 0 Å². The van der Waals surface area contributed by atoms with E-state index in [9.17, 15) is 0 Å². The van der Waals surface area contributed by atoms with Gasteiger partial charge in [0.25, 0.3) is 0 Å². The third-order valence-electron chi connectivity index (χ3n) is 11.7. The minimum atomic E-state index is 1.03. The fourth-order valence-corrected chi connectivity index (χ4v) is 10.5. The molecule has 254 valence electrons. The van der Waals surface area contributed by atoms with Crippen molar-refractivity contribution in [3.63, 3.8) is 0 Å². The van der Waals surface area contributed by atoms with Gasteiger partial charge in [-0.25, -0.2) is 0 Å². The summed E-state index contributed by atoms with van der Waals surface area (Å²) in [5, 5.41) is 22.5. The normalized spacial score (nSPS) is 12.0. The third kappa shape index (κ3) is 4.50. The summed E-state index contributed by atoms with van der Waals surface area (Å²) in [7, 11) is 0. The van der Waals surface area contributed by atoms with E-state index in [1.54, 1.807) is 0 Å². The second kappa shape index (κ2) is 11.8. The first-order chi connectivity index (χ1) is 27.3. The van der Waals surface area contributed by atoms with Crippen molar-refractivity contribution in [2.75, 3.05) is 0 Å². The standard InChI is InChI=1S/C53H31NS/c1-2-14-34-33(13-1)35-15-3-6-18-38(35)47-30-49-40-20-8-5-17-37(40)43-26-25-32(52-53-45(27-28-54-52)44-23-11-12-24-51(44)55-53)29-46(43)41-21-9-10-22-42(41)50(49)31-48(47)39-19-7-4-16-36(34)39/h1-31H. The lowest BCUT2D eigenvalue weighted by Gasteiger charge is -2.14. The Morgan fingerprint density at radius 2 is 0.618 bits per heavy atom. The van der Waals surface area contributed by atoms with Gasteiger partial charge in [0.15, 0.2) is 0 Å². The van der Waals surface area contributed by atoms with Gasteiger partial charge in [0.2, 0.25) is 0 Å². The Hall–Kier alpha value is -6.87. The quantitative estimate of drug-likeness (QED) is 0.165. The zero-order chi connectivity index (χ0) is 36.0. The first-order valence-corrected chi connectivity index (χ1v) is 19.7. The highest BCUT2D eigenvalue weighted by molar-refractivity contribution is 7.26. The lowest BCUT2D eigenvalue weighted by Crippen LogP contribution is -1.87. The van der Waals surface area contributed by atoms with E-state index in [4.69, 9.17) is 4.98 Å². The lowest BCUT2D eigenvalue weighted by molar-refractivity contribution is 1.37. The van der Waals surface area contributed by atoms with Crippen molar-refractivity contribution in [1.82, 2.24) is 4.98 Å². The molecular weight excluding hydrogens is 683 g/mol. The molecule has 0 radical (unpaired) electrons. The number of fused-ring (bicyclic) bond motifs is 19. The van der Waals surface area contributed by atoms with Gasteiger partial charge >= 0.3 is 0 Å². The van der Waals surface area contributed by atoms with Crippen LogP contribution in [0.3, 0.4) is 0 Å². The highest BCUT2D eigenvalue weighted by Crippen LogP contribution is 2.43. The Bertz CT molecular complexity index is 3670. The highest BCUT2D eigenvalue weighted by atomic mass is 32.1. The van der Waals surface area contributed by atoms with Crippen LogP contribution in [0.15, 0.2) is 188 Å². The van der Waals surface area contributed by atoms with E-state index in [1.165, 1.54) is 106 Å². The van der Waals surface area contributed by atoms with E-state index >= 15 is 0 Å². The Morgan fingerprint density at radius 1 is 0.273 bits per heavy atom. The SMILES string of the molecule is c1ccc2c(c1)sc1c(-c3ccc4c5ccccc5c5cc6c7ccccc7c7ccccc7c7ccccc7c6cc5c5ccccc5c4c3)nccc12. The van der Waals surface area contributed by atoms with E-state index < -0.39 is 0 Å². The molecule has 0 saturated carbocycles. The van der Waals surface area contributed by atoms with E-state index in [-0.39, 0.29) is 0 Å². The summed E-state index contributed by atoms with van der Waals surface area (Å²) in [5.41, 5.74) is 2.16. The molecular formula is C53H31NS. The van der Waals surface area contributed by atoms with Crippen LogP contribution in [0, 0.1) is 0 Å². The van der Waals surface area contributed by atoms with E-state index in [0.29, 0.717) is 0 Å². The van der Waals surface area contributed by atoms with Crippen LogP contribution < -0.4 is 0 Å². The van der Waals surface area contributed by atoms with Gasteiger partial charge in [-0.1, -0.05) is 152 Å². The molecule has 12 rings (SSSR count). The Kier molecular flexibility index (Phi) is 6.57. The smallest absolute Gasteiger partial charge is 0.0880 e. The van der Waals surface area contributed by atoms with Gasteiger partial charge in [0.1, 0.15) is 0 Å². The number of thiophene rings is 1. The molecule has 0 aliphatic rings. The minimum absolute atomic E-state index is 1.03. The number of benzene rings is 8. The van der Waals surface area contributed by atoms with Crippen molar-refractivity contribution >= 4 is 118 Å². The number of nitrogens with zero attached hydrogens (tertiary/aromatic N) is 1. The number of hydrogen-bond acceptors (Lipinski definition) is 2. The summed E-state index contributed by atoms with van der Waals surface area (Å²) in [6.07, 6.45) is 1.97. The summed E-state index contributed by atoms with van der Waals surface area (Å²) < 4.78 is 2.52. The first-order valence-electron chi connectivity index (χ1n) is 18.9. The maximum atomic E-state index is 5.03. The monoisotopic (exact) mass is 713 g/mol. The molecule has 0 unspecified atom stereocenters. The van der Waals surface area contributed by atoms with Crippen molar-refractivity contribution in [2.45, 2.75) is 0 Å². The van der Waals surface area contributed by atoms with Gasteiger partial charge in [-0.15, -0.1) is 11.3 Å². The van der Waals surface area contributed by atoms with Gasteiger partial charge in [-0.2, -0.15) is 0 Å². The zero-order valence-electron chi connectivity index (χ0n) is 29.8. The largest absolute Gasteiger partial charge is 0.255 e. The fourth-order valence-electron chi connectivity index (χ4n) is 9.26. The van der Waals surface area contributed by atoms with Crippen LogP contribution >= 0.6 is 11.3 Å². The second-order valence-corrected chi connectivity index (χ2v) is 15.6. The minimum Gasteiger partial charge on any atom is -0.255 e. The van der Waals surface area contributed by atoms with Gasteiger partial charge in [0, 0.05) is 27.2 Å². The molecule has 1 nitrogen and oxygen atoms in total. The van der Waals surface area contributed by atoms with Crippen molar-refractivity contribution in [3.05, 3.63) is 188 Å². The number of aromatic nitrogens is 1. The molecule has 12 aromatic rings. The first kappa shape index (κ1) is 30.6. The summed E-state index contributed by atoms with van der Waals surface area (Å²) in [6, 6.07) is 67.5. The second-order valence-electron chi connectivity index (χ2n) is 14.6. The van der Waals surface area contributed by atoms with E-state index in [1.807, 2.05) is 17.5 Å². The molecule has 0 aliphatic carbocycles. The van der Waals surface area contributed by atoms with Crippen LogP contribution in [0.5, 0.6) is 0 Å². The molecule has 2 heteroatoms. The summed E-state index contributed by atoms with van der Waals surface area (Å²) >= 11 is 1.83. The summed E-state index contributed by atoms with van der Waals surface area (Å²) in [4.78, 5) is 5.03. The molecule has 55 heavy (non-hydrogen) atoms. The molecule has 0 bridgehead atoms. The molecule has 0 saturated heterocycles. The average Bonchev–Trinajstić information content (AvgIpc) is 3.64. The van der Waals surface area contributed by atoms with Gasteiger partial charge in [0.05, 0.1) is 10.4 Å². The molecule has 0 fully saturated rings. The maximum Gasteiger partial charge on any atom is 0.0880 e. The molecule has 0 spiro atoms. The van der Waals surface area contributed by atoms with Crippen LogP contribution in [-0.4, -0.2) is 4.98 Å². The van der Waals surface area contributed by atoms with Crippen molar-refractivity contribution in [3.8, 4) is 11.3 Å². The van der Waals surface area contributed by atoms with E-state index in [2.05, 4.69) is 182 Å². The van der Waals surface area contributed by atoms with Crippen LogP contribution in [0.4, 0.5) is 0 Å². The maximum absolute atomic E-state index is 5.03. The Morgan fingerprint density at radius 3 is 1.05 bits per heavy atom. The molecule has 0 atom stereocenters. The highest BCUT2D eigenvalue weighted by Gasteiger charge is 2.16. The Labute approximate surface area is 320 Å². The lowest BCUT2D eigenvalue weighted by atomic mass is 9.89. The van der Waals surface area contributed by atoms with Gasteiger partial charge in [-0.05, 0) is 117 Å². The van der Waals surface area contributed by atoms with E-state index in [0.717, 1.165) is 11.3 Å². The molecule has 2 heterocycles. The molecule has 0 amide bonds. The summed E-state index contributed by atoms with van der Waals surface area (Å²) in [5.74, 6) is 0. The Balaban J connectivity index is 1.30. The molecule has 0 aliphatic heterocycles. The topological polar surface area (TPSA) is 12.9 Å².